The van der Waals surface area contributed by atoms with Crippen molar-refractivity contribution in [2.75, 3.05) is 13.7 Å². The Hall–Kier alpha value is -0.770. The molecule has 1 atom stereocenters. The van der Waals surface area contributed by atoms with E-state index in [4.69, 9.17) is 10.2 Å². The Morgan fingerprint density at radius 1 is 1.46 bits per heavy atom. The number of hydrogen-bond acceptors (Lipinski definition) is 3. The Bertz CT molecular complexity index is 251. The molecule has 0 heterocycles. The summed E-state index contributed by atoms with van der Waals surface area (Å²) in [5.41, 5.74) is 0.889. The number of likely N-dealkylation sites (N-methyl/N-ethyl adjacent to an activating group) is 1. The monoisotopic (exact) mass is 203 g/mol. The Labute approximate surface area is 83.8 Å². The number of aliphatic hydroxyl groups excluding tert-OH is 1. The molecule has 1 aromatic rings. The SMILES string of the molecule is CNC(CO)c1cccc(O)c1.Cl. The van der Waals surface area contributed by atoms with Gasteiger partial charge in [-0.2, -0.15) is 0 Å². The minimum atomic E-state index is -0.0999. The Kier molecular flexibility index (Phi) is 5.46. The molecule has 3 N–H and O–H groups in total. The van der Waals surface area contributed by atoms with Crippen molar-refractivity contribution in [1.29, 1.82) is 0 Å². The predicted octanol–water partition coefficient (Wildman–Crippen LogP) is 1.07. The lowest BCUT2D eigenvalue weighted by Crippen LogP contribution is -2.19. The summed E-state index contributed by atoms with van der Waals surface area (Å²) in [6.45, 7) is 0.0277. The molecule has 1 rings (SSSR count). The number of aromatic hydroxyl groups is 1. The second-order valence-electron chi connectivity index (χ2n) is 2.62. The Balaban J connectivity index is 0.00000144. The molecule has 0 bridgehead atoms. The summed E-state index contributed by atoms with van der Waals surface area (Å²) in [5.74, 6) is 0.223. The fourth-order valence-corrected chi connectivity index (χ4v) is 1.10. The molecular formula is C9H14ClNO2. The molecule has 0 saturated heterocycles. The quantitative estimate of drug-likeness (QED) is 0.689. The normalized spacial score (nSPS) is 11.8. The van der Waals surface area contributed by atoms with E-state index in [1.807, 2.05) is 6.07 Å². The summed E-state index contributed by atoms with van der Waals surface area (Å²) in [4.78, 5) is 0. The van der Waals surface area contributed by atoms with E-state index in [1.54, 1.807) is 25.2 Å². The minimum Gasteiger partial charge on any atom is -0.508 e. The van der Waals surface area contributed by atoms with Gasteiger partial charge in [0.25, 0.3) is 0 Å². The van der Waals surface area contributed by atoms with Gasteiger partial charge in [-0.1, -0.05) is 12.1 Å². The van der Waals surface area contributed by atoms with E-state index in [9.17, 15) is 0 Å². The van der Waals surface area contributed by atoms with E-state index in [-0.39, 0.29) is 30.8 Å². The highest BCUT2D eigenvalue weighted by Crippen LogP contribution is 2.17. The van der Waals surface area contributed by atoms with E-state index in [0.717, 1.165) is 5.56 Å². The van der Waals surface area contributed by atoms with E-state index < -0.39 is 0 Å². The van der Waals surface area contributed by atoms with Crippen molar-refractivity contribution in [2.24, 2.45) is 0 Å². The first-order valence-electron chi connectivity index (χ1n) is 3.85. The molecule has 0 fully saturated rings. The zero-order valence-electron chi connectivity index (χ0n) is 7.40. The van der Waals surface area contributed by atoms with Crippen molar-refractivity contribution < 1.29 is 10.2 Å². The van der Waals surface area contributed by atoms with Gasteiger partial charge in [-0.15, -0.1) is 12.4 Å². The van der Waals surface area contributed by atoms with E-state index in [1.165, 1.54) is 0 Å². The standard InChI is InChI=1S/C9H13NO2.ClH/c1-10-9(6-11)7-3-2-4-8(12)5-7;/h2-5,9-12H,6H2,1H3;1H. The molecule has 3 nitrogen and oxygen atoms in total. The third kappa shape index (κ3) is 3.22. The van der Waals surface area contributed by atoms with Crippen molar-refractivity contribution >= 4 is 12.4 Å². The molecule has 4 heteroatoms. The second-order valence-corrected chi connectivity index (χ2v) is 2.62. The van der Waals surface area contributed by atoms with Crippen LogP contribution in [0.4, 0.5) is 0 Å². The topological polar surface area (TPSA) is 52.5 Å². The van der Waals surface area contributed by atoms with E-state index >= 15 is 0 Å². The number of rotatable bonds is 3. The molecule has 0 aliphatic carbocycles. The van der Waals surface area contributed by atoms with Gasteiger partial charge in [0.2, 0.25) is 0 Å². The van der Waals surface area contributed by atoms with Crippen molar-refractivity contribution in [1.82, 2.24) is 5.32 Å². The van der Waals surface area contributed by atoms with Crippen molar-refractivity contribution in [3.8, 4) is 5.75 Å². The third-order valence-electron chi connectivity index (χ3n) is 1.80. The van der Waals surface area contributed by atoms with Gasteiger partial charge in [0.15, 0.2) is 0 Å². The maximum atomic E-state index is 9.14. The number of nitrogens with one attached hydrogen (secondary N) is 1. The van der Waals surface area contributed by atoms with Crippen LogP contribution >= 0.6 is 12.4 Å². The van der Waals surface area contributed by atoms with Crippen molar-refractivity contribution in [2.45, 2.75) is 6.04 Å². The van der Waals surface area contributed by atoms with Gasteiger partial charge in [0, 0.05) is 0 Å². The highest BCUT2D eigenvalue weighted by molar-refractivity contribution is 5.85. The van der Waals surface area contributed by atoms with Crippen LogP contribution in [0, 0.1) is 0 Å². The molecular weight excluding hydrogens is 190 g/mol. The second kappa shape index (κ2) is 5.80. The van der Waals surface area contributed by atoms with Crippen LogP contribution in [0.1, 0.15) is 11.6 Å². The van der Waals surface area contributed by atoms with Gasteiger partial charge < -0.3 is 15.5 Å². The maximum absolute atomic E-state index is 9.14. The molecule has 0 aliphatic heterocycles. The van der Waals surface area contributed by atoms with Crippen LogP contribution < -0.4 is 5.32 Å². The molecule has 0 amide bonds. The zero-order chi connectivity index (χ0) is 8.97. The summed E-state index contributed by atoms with van der Waals surface area (Å²) < 4.78 is 0. The fourth-order valence-electron chi connectivity index (χ4n) is 1.10. The predicted molar refractivity (Wildman–Crippen MR) is 54.2 cm³/mol. The Morgan fingerprint density at radius 3 is 2.62 bits per heavy atom. The highest BCUT2D eigenvalue weighted by atomic mass is 35.5. The van der Waals surface area contributed by atoms with Crippen molar-refractivity contribution in [3.05, 3.63) is 29.8 Å². The molecule has 0 spiro atoms. The molecule has 0 aliphatic rings. The lowest BCUT2D eigenvalue weighted by molar-refractivity contribution is 0.251. The van der Waals surface area contributed by atoms with Gasteiger partial charge in [0.1, 0.15) is 5.75 Å². The molecule has 1 aromatic carbocycles. The van der Waals surface area contributed by atoms with Gasteiger partial charge in [0.05, 0.1) is 12.6 Å². The van der Waals surface area contributed by atoms with Crippen LogP contribution in [-0.4, -0.2) is 23.9 Å². The molecule has 0 radical (unpaired) electrons. The van der Waals surface area contributed by atoms with E-state index in [0.29, 0.717) is 0 Å². The van der Waals surface area contributed by atoms with Crippen molar-refractivity contribution in [3.63, 3.8) is 0 Å². The number of hydrogen-bond donors (Lipinski definition) is 3. The smallest absolute Gasteiger partial charge is 0.115 e. The number of phenolic OH excluding ortho intramolecular Hbond substituents is 1. The maximum Gasteiger partial charge on any atom is 0.115 e. The van der Waals surface area contributed by atoms with Crippen LogP contribution in [0.3, 0.4) is 0 Å². The average molecular weight is 204 g/mol. The molecule has 13 heavy (non-hydrogen) atoms. The number of phenols is 1. The van der Waals surface area contributed by atoms with Crippen LogP contribution in [0.2, 0.25) is 0 Å². The third-order valence-corrected chi connectivity index (χ3v) is 1.80. The largest absolute Gasteiger partial charge is 0.508 e. The first-order chi connectivity index (χ1) is 5.77. The first-order valence-corrected chi connectivity index (χ1v) is 3.85. The Morgan fingerprint density at radius 2 is 2.15 bits per heavy atom. The lowest BCUT2D eigenvalue weighted by Gasteiger charge is -2.12. The van der Waals surface area contributed by atoms with Gasteiger partial charge >= 0.3 is 0 Å². The number of halogens is 1. The summed E-state index contributed by atoms with van der Waals surface area (Å²) in [7, 11) is 1.77. The van der Waals surface area contributed by atoms with Crippen LogP contribution in [-0.2, 0) is 0 Å². The highest BCUT2D eigenvalue weighted by Gasteiger charge is 2.06. The summed E-state index contributed by atoms with van der Waals surface area (Å²) in [6.07, 6.45) is 0. The van der Waals surface area contributed by atoms with Crippen LogP contribution in [0.25, 0.3) is 0 Å². The number of aliphatic hydroxyl groups is 1. The average Bonchev–Trinajstić information content (AvgIpc) is 2.07. The molecule has 0 aromatic heterocycles. The van der Waals surface area contributed by atoms with Gasteiger partial charge in [-0.25, -0.2) is 0 Å². The summed E-state index contributed by atoms with van der Waals surface area (Å²) >= 11 is 0. The molecule has 74 valence electrons. The summed E-state index contributed by atoms with van der Waals surface area (Å²) in [6, 6.07) is 6.75. The minimum absolute atomic E-state index is 0. The zero-order valence-corrected chi connectivity index (χ0v) is 8.21. The number of benzene rings is 1. The molecule has 0 saturated carbocycles. The van der Waals surface area contributed by atoms with Gasteiger partial charge in [-0.05, 0) is 24.7 Å². The van der Waals surface area contributed by atoms with Crippen LogP contribution in [0.15, 0.2) is 24.3 Å². The fraction of sp³-hybridized carbons (Fsp3) is 0.333. The first kappa shape index (κ1) is 12.2. The van der Waals surface area contributed by atoms with Crippen LogP contribution in [0.5, 0.6) is 5.75 Å². The molecule has 1 unspecified atom stereocenters. The van der Waals surface area contributed by atoms with Gasteiger partial charge in [-0.3, -0.25) is 0 Å². The summed E-state index contributed by atoms with van der Waals surface area (Å²) in [5, 5.41) is 21.0. The van der Waals surface area contributed by atoms with E-state index in [2.05, 4.69) is 5.32 Å². The lowest BCUT2D eigenvalue weighted by atomic mass is 10.1.